The van der Waals surface area contributed by atoms with E-state index in [1.165, 1.54) is 9.58 Å². The van der Waals surface area contributed by atoms with Gasteiger partial charge in [0, 0.05) is 30.8 Å². The lowest BCUT2D eigenvalue weighted by molar-refractivity contribution is -0.168. The molecule has 0 saturated carbocycles. The molecule has 162 valence electrons. The lowest BCUT2D eigenvalue weighted by Gasteiger charge is -2.28. The maximum atomic E-state index is 13.3. The van der Waals surface area contributed by atoms with Crippen LogP contribution in [0.1, 0.15) is 29.4 Å². The third-order valence-electron chi connectivity index (χ3n) is 4.74. The van der Waals surface area contributed by atoms with E-state index >= 15 is 0 Å². The minimum atomic E-state index is -4.52. The number of rotatable bonds is 4. The Morgan fingerprint density at radius 3 is 2.40 bits per heavy atom. The normalized spacial score (nSPS) is 15.0. The van der Waals surface area contributed by atoms with Crippen molar-refractivity contribution < 1.29 is 35.9 Å². The van der Waals surface area contributed by atoms with Crippen LogP contribution in [0.15, 0.2) is 18.3 Å². The van der Waals surface area contributed by atoms with Gasteiger partial charge in [-0.15, -0.1) is 0 Å². The van der Waals surface area contributed by atoms with Crippen molar-refractivity contribution in [2.45, 2.75) is 32.6 Å². The zero-order chi connectivity index (χ0) is 22.2. The van der Waals surface area contributed by atoms with Gasteiger partial charge in [-0.3, -0.25) is 9.48 Å². The molecule has 2 heterocycles. The lowest BCUT2D eigenvalue weighted by Crippen LogP contribution is -2.41. The summed E-state index contributed by atoms with van der Waals surface area (Å²) in [6.45, 7) is 1.03. The summed E-state index contributed by atoms with van der Waals surface area (Å²) in [5.41, 5.74) is -0.0829. The topological polar surface area (TPSA) is 67.2 Å². The van der Waals surface area contributed by atoms with Crippen molar-refractivity contribution in [1.82, 2.24) is 14.7 Å². The number of carbonyl (C=O) groups is 2. The molecule has 0 fully saturated rings. The minimum Gasteiger partial charge on any atom is -0.317 e. The van der Waals surface area contributed by atoms with Crippen LogP contribution in [0, 0.1) is 23.4 Å². The second-order valence-corrected chi connectivity index (χ2v) is 6.90. The van der Waals surface area contributed by atoms with Gasteiger partial charge in [0.1, 0.15) is 0 Å². The summed E-state index contributed by atoms with van der Waals surface area (Å²) in [6, 6.07) is 0.436. The summed E-state index contributed by atoms with van der Waals surface area (Å²) in [7, 11) is 0. The van der Waals surface area contributed by atoms with Crippen LogP contribution in [0.4, 0.5) is 36.8 Å². The van der Waals surface area contributed by atoms with Gasteiger partial charge in [-0.25, -0.2) is 18.0 Å². The van der Waals surface area contributed by atoms with Crippen LogP contribution in [-0.2, 0) is 13.1 Å². The molecule has 1 aliphatic heterocycles. The number of amides is 2. The van der Waals surface area contributed by atoms with E-state index in [4.69, 9.17) is 0 Å². The SMILES string of the molecule is C[C@@H](CC(=O)c1cnn2c1CN(C(=O)Nc1cc(F)c(F)c(F)c1)CC2)C(F)(F)F. The first kappa shape index (κ1) is 21.7. The molecule has 1 N–H and O–H groups in total. The van der Waals surface area contributed by atoms with Gasteiger partial charge in [0.15, 0.2) is 23.2 Å². The molecular formula is C18H16F6N4O2. The second kappa shape index (κ2) is 8.00. The minimum absolute atomic E-state index is 0.0255. The zero-order valence-electron chi connectivity index (χ0n) is 15.6. The van der Waals surface area contributed by atoms with E-state index in [0.29, 0.717) is 12.1 Å². The number of halogens is 6. The average Bonchev–Trinajstić information content (AvgIpc) is 3.08. The van der Waals surface area contributed by atoms with E-state index in [2.05, 4.69) is 10.4 Å². The van der Waals surface area contributed by atoms with Gasteiger partial charge in [0.05, 0.1) is 36.5 Å². The van der Waals surface area contributed by atoms with Crippen LogP contribution in [0.25, 0.3) is 0 Å². The van der Waals surface area contributed by atoms with E-state index < -0.39 is 47.8 Å². The number of urea groups is 1. The van der Waals surface area contributed by atoms with Gasteiger partial charge >= 0.3 is 12.2 Å². The Kier molecular flexibility index (Phi) is 5.77. The molecular weight excluding hydrogens is 418 g/mol. The number of Topliss-reactive ketones (excluding diaryl/α,β-unsaturated/α-hetero) is 1. The summed E-state index contributed by atoms with van der Waals surface area (Å²) in [6.07, 6.45) is -4.12. The molecule has 1 atom stereocenters. The van der Waals surface area contributed by atoms with Crippen molar-refractivity contribution in [3.05, 3.63) is 47.0 Å². The molecule has 1 aliphatic rings. The van der Waals surface area contributed by atoms with Gasteiger partial charge in [-0.1, -0.05) is 6.92 Å². The van der Waals surface area contributed by atoms with Gasteiger partial charge in [-0.05, 0) is 0 Å². The van der Waals surface area contributed by atoms with Crippen molar-refractivity contribution in [2.75, 3.05) is 11.9 Å². The van der Waals surface area contributed by atoms with E-state index in [-0.39, 0.29) is 36.6 Å². The first-order chi connectivity index (χ1) is 14.0. The fourth-order valence-corrected chi connectivity index (χ4v) is 2.99. The number of alkyl halides is 3. The molecule has 6 nitrogen and oxygen atoms in total. The molecule has 0 unspecified atom stereocenters. The van der Waals surface area contributed by atoms with Crippen LogP contribution in [0.3, 0.4) is 0 Å². The molecule has 0 aliphatic carbocycles. The number of benzene rings is 1. The number of carbonyl (C=O) groups excluding carboxylic acids is 2. The Hall–Kier alpha value is -3.05. The van der Waals surface area contributed by atoms with Crippen LogP contribution < -0.4 is 5.32 Å². The van der Waals surface area contributed by atoms with Gasteiger partial charge in [0.2, 0.25) is 0 Å². The van der Waals surface area contributed by atoms with E-state index in [1.54, 1.807) is 0 Å². The van der Waals surface area contributed by atoms with Crippen molar-refractivity contribution >= 4 is 17.5 Å². The summed E-state index contributed by atoms with van der Waals surface area (Å²) in [5, 5.41) is 6.19. The maximum Gasteiger partial charge on any atom is 0.391 e. The maximum absolute atomic E-state index is 13.3. The summed E-state index contributed by atoms with van der Waals surface area (Å²) in [5.74, 6) is -7.23. The molecule has 0 bridgehead atoms. The Morgan fingerprint density at radius 1 is 1.17 bits per heavy atom. The molecule has 0 spiro atoms. The Morgan fingerprint density at radius 2 is 1.80 bits per heavy atom. The fourth-order valence-electron chi connectivity index (χ4n) is 2.99. The first-order valence-corrected chi connectivity index (χ1v) is 8.82. The fraction of sp³-hybridized carbons (Fsp3) is 0.389. The summed E-state index contributed by atoms with van der Waals surface area (Å²) >= 11 is 0. The highest BCUT2D eigenvalue weighted by Gasteiger charge is 2.38. The Balaban J connectivity index is 1.73. The quantitative estimate of drug-likeness (QED) is 0.447. The monoisotopic (exact) mass is 434 g/mol. The Labute approximate surface area is 166 Å². The Bertz CT molecular complexity index is 965. The van der Waals surface area contributed by atoms with Gasteiger partial charge in [0.25, 0.3) is 0 Å². The highest BCUT2D eigenvalue weighted by atomic mass is 19.4. The number of nitrogens with zero attached hydrogens (tertiary/aromatic N) is 3. The standard InChI is InChI=1S/C18H16F6N4O2/c1-9(18(22,23)24)4-15(29)11-7-25-28-3-2-27(8-14(11)28)17(30)26-10-5-12(19)16(21)13(20)6-10/h5-7,9H,2-4,8H2,1H3,(H,26,30)/t9-/m0/s1. The van der Waals surface area contributed by atoms with Gasteiger partial charge in [-0.2, -0.15) is 18.3 Å². The van der Waals surface area contributed by atoms with E-state index in [1.807, 2.05) is 0 Å². The molecule has 2 aromatic rings. The largest absolute Gasteiger partial charge is 0.391 e. The van der Waals surface area contributed by atoms with Crippen molar-refractivity contribution in [1.29, 1.82) is 0 Å². The summed E-state index contributed by atoms with van der Waals surface area (Å²) in [4.78, 5) is 25.9. The van der Waals surface area contributed by atoms with Crippen LogP contribution in [0.5, 0.6) is 0 Å². The number of anilines is 1. The van der Waals surface area contributed by atoms with Crippen molar-refractivity contribution in [2.24, 2.45) is 5.92 Å². The smallest absolute Gasteiger partial charge is 0.317 e. The molecule has 0 radical (unpaired) electrons. The molecule has 3 rings (SSSR count). The number of aromatic nitrogens is 2. The van der Waals surface area contributed by atoms with Crippen LogP contribution in [-0.4, -0.2) is 39.2 Å². The highest BCUT2D eigenvalue weighted by molar-refractivity contribution is 5.97. The molecule has 30 heavy (non-hydrogen) atoms. The first-order valence-electron chi connectivity index (χ1n) is 8.82. The molecule has 2 amide bonds. The molecule has 1 aromatic heterocycles. The number of nitrogens with one attached hydrogen (secondary N) is 1. The van der Waals surface area contributed by atoms with E-state index in [0.717, 1.165) is 13.1 Å². The van der Waals surface area contributed by atoms with E-state index in [9.17, 15) is 35.9 Å². The predicted octanol–water partition coefficient (Wildman–Crippen LogP) is 4.12. The zero-order valence-corrected chi connectivity index (χ0v) is 15.6. The molecule has 12 heteroatoms. The molecule has 0 saturated heterocycles. The predicted molar refractivity (Wildman–Crippen MR) is 92.1 cm³/mol. The molecule has 1 aromatic carbocycles. The van der Waals surface area contributed by atoms with Crippen molar-refractivity contribution in [3.63, 3.8) is 0 Å². The third-order valence-corrected chi connectivity index (χ3v) is 4.74. The number of fused-ring (bicyclic) bond motifs is 1. The lowest BCUT2D eigenvalue weighted by atomic mass is 9.99. The van der Waals surface area contributed by atoms with Gasteiger partial charge < -0.3 is 10.2 Å². The van der Waals surface area contributed by atoms with Crippen LogP contribution in [0.2, 0.25) is 0 Å². The van der Waals surface area contributed by atoms with Crippen LogP contribution >= 0.6 is 0 Å². The highest BCUT2D eigenvalue weighted by Crippen LogP contribution is 2.30. The number of hydrogen-bond donors (Lipinski definition) is 1. The summed E-state index contributed by atoms with van der Waals surface area (Å²) < 4.78 is 79.3. The number of ketones is 1. The van der Waals surface area contributed by atoms with Crippen molar-refractivity contribution in [3.8, 4) is 0 Å². The number of hydrogen-bond acceptors (Lipinski definition) is 3. The average molecular weight is 434 g/mol. The second-order valence-electron chi connectivity index (χ2n) is 6.90. The third kappa shape index (κ3) is 4.41.